The Kier molecular flexibility index (Phi) is 17.1. The minimum absolute atomic E-state index is 0.767. The van der Waals surface area contributed by atoms with Gasteiger partial charge < -0.3 is 19.1 Å². The lowest BCUT2D eigenvalue weighted by atomic mass is 9.93. The van der Waals surface area contributed by atoms with Gasteiger partial charge in [0, 0.05) is 66.1 Å². The van der Waals surface area contributed by atoms with Gasteiger partial charge in [0.25, 0.3) is 0 Å². The summed E-state index contributed by atoms with van der Waals surface area (Å²) in [5.41, 5.74) is 23.2. The summed E-state index contributed by atoms with van der Waals surface area (Å²) in [7, 11) is 0. The first-order valence-corrected chi connectivity index (χ1v) is 35.9. The van der Waals surface area contributed by atoms with Gasteiger partial charge in [-0.1, -0.05) is 315 Å². The van der Waals surface area contributed by atoms with Crippen molar-refractivity contribution in [2.24, 2.45) is 0 Å². The van der Waals surface area contributed by atoms with Gasteiger partial charge in [-0.15, -0.1) is 0 Å². The Bertz CT molecular complexity index is 6510. The molecule has 2 heterocycles. The fourth-order valence-corrected chi connectivity index (χ4v) is 15.0. The highest BCUT2D eigenvalue weighted by molar-refractivity contribution is 6.30. The zero-order valence-electron chi connectivity index (χ0n) is 57.2. The lowest BCUT2D eigenvalue weighted by Crippen LogP contribution is -2.09. The van der Waals surface area contributed by atoms with Crippen LogP contribution in [0.1, 0.15) is 0 Å². The predicted molar refractivity (Wildman–Crippen MR) is 446 cm³/mol. The molecule has 4 nitrogen and oxygen atoms in total. The molecular formula is C100H67ClN2O2. The molecule has 0 atom stereocenters. The Balaban J connectivity index is 0.000000125. The molecule has 0 radical (unpaired) electrons. The molecule has 0 aliphatic rings. The van der Waals surface area contributed by atoms with Gasteiger partial charge in [-0.25, -0.2) is 0 Å². The van der Waals surface area contributed by atoms with E-state index in [-0.39, 0.29) is 0 Å². The first-order chi connectivity index (χ1) is 52.0. The molecule has 5 heteroatoms. The summed E-state index contributed by atoms with van der Waals surface area (Å²) in [4.78, 5) is 2.34. The lowest BCUT2D eigenvalue weighted by Gasteiger charge is -2.26. The van der Waals surface area contributed by atoms with Crippen LogP contribution in [-0.2, 0) is 0 Å². The number of fused-ring (bicyclic) bond motifs is 12. The fourth-order valence-electron chi connectivity index (χ4n) is 14.9. The Hall–Kier alpha value is -13.5. The monoisotopic (exact) mass is 1360 g/mol. The predicted octanol–water partition coefficient (Wildman–Crippen LogP) is 29.3. The van der Waals surface area contributed by atoms with E-state index in [9.17, 15) is 0 Å². The third kappa shape index (κ3) is 12.7. The average molecular weight is 1360 g/mol. The second-order valence-electron chi connectivity index (χ2n) is 26.4. The maximum absolute atomic E-state index is 6.39. The molecule has 0 spiro atoms. The van der Waals surface area contributed by atoms with Crippen molar-refractivity contribution >= 4 is 127 Å². The SMILES string of the molecule is Clc1ccc(-c2cc3ccccc3c3ccccc23)cc1.c1ccc(-c2ccc(N(c3ccc(-c4cc5ccccc5c5ccccc45)cc3)c3ccc(-c4cccc5c4oc4ccccc45)cc3)cc2)cc1.c1ccc(-c2ccc(Nc3ccc(-c4cccc5c4oc4ccccc45)cc3)cc2)cc1. The van der Waals surface area contributed by atoms with Crippen LogP contribution in [0, 0.1) is 0 Å². The van der Waals surface area contributed by atoms with Crippen LogP contribution in [-0.4, -0.2) is 0 Å². The smallest absolute Gasteiger partial charge is 0.143 e. The van der Waals surface area contributed by atoms with Crippen LogP contribution in [0.2, 0.25) is 5.02 Å². The standard InChI is InChI=1S/C50H33NO.C30H21NO.C20H13Cl/c1-2-11-34(12-3-1)35-21-27-39(28-22-35)51(40-29-23-36(24-30-40)43-18-10-19-47-46-17-8-9-20-49(46)52-50(43)47)41-31-25-37(26-32-41)48-33-38-13-4-5-14-42(38)44-15-6-7-16-45(44)48;1-2-7-21(8-3-1)22-13-17-24(18-14-22)31-25-19-15-23(16-20-25)26-10-6-11-28-27-9-4-5-12-29(27)32-30(26)28;21-16-11-9-14(10-12-16)20-13-15-5-1-2-6-17(15)18-7-3-4-8-19(18)20/h1-33H;1-20,31H;1-13H. The van der Waals surface area contributed by atoms with Crippen LogP contribution in [0.5, 0.6) is 0 Å². The number of anilines is 5. The van der Waals surface area contributed by atoms with Gasteiger partial charge in [-0.3, -0.25) is 0 Å². The molecule has 0 saturated heterocycles. The van der Waals surface area contributed by atoms with Crippen LogP contribution < -0.4 is 10.2 Å². The fraction of sp³-hybridized carbons (Fsp3) is 0. The van der Waals surface area contributed by atoms with Gasteiger partial charge >= 0.3 is 0 Å². The molecule has 0 bridgehead atoms. The summed E-state index contributed by atoms with van der Waals surface area (Å²) < 4.78 is 12.6. The first-order valence-electron chi connectivity index (χ1n) is 35.5. The third-order valence-electron chi connectivity index (χ3n) is 20.1. The summed E-state index contributed by atoms with van der Waals surface area (Å²) in [6.07, 6.45) is 0. The third-order valence-corrected chi connectivity index (χ3v) is 20.3. The van der Waals surface area contributed by atoms with Gasteiger partial charge in [-0.05, 0) is 196 Å². The molecule has 20 rings (SSSR count). The van der Waals surface area contributed by atoms with E-state index in [1.807, 2.05) is 42.5 Å². The van der Waals surface area contributed by atoms with Crippen molar-refractivity contribution in [3.63, 3.8) is 0 Å². The van der Waals surface area contributed by atoms with Crippen molar-refractivity contribution in [2.45, 2.75) is 0 Å². The van der Waals surface area contributed by atoms with E-state index in [4.69, 9.17) is 20.4 Å². The van der Waals surface area contributed by atoms with Crippen molar-refractivity contribution < 1.29 is 8.83 Å². The van der Waals surface area contributed by atoms with Gasteiger partial charge in [0.1, 0.15) is 22.3 Å². The summed E-state index contributed by atoms with van der Waals surface area (Å²) in [5.74, 6) is 0. The van der Waals surface area contributed by atoms with E-state index in [2.05, 4.69) is 368 Å². The minimum Gasteiger partial charge on any atom is -0.455 e. The maximum Gasteiger partial charge on any atom is 0.143 e. The van der Waals surface area contributed by atoms with E-state index in [0.717, 1.165) is 99.6 Å². The van der Waals surface area contributed by atoms with Crippen molar-refractivity contribution in [2.75, 3.05) is 10.2 Å². The molecule has 20 aromatic rings. The molecule has 0 amide bonds. The summed E-state index contributed by atoms with van der Waals surface area (Å²) >= 11 is 6.01. The molecule has 18 aromatic carbocycles. The molecule has 0 saturated carbocycles. The normalized spacial score (nSPS) is 11.3. The Labute approximate surface area is 614 Å². The molecule has 105 heavy (non-hydrogen) atoms. The van der Waals surface area contributed by atoms with E-state index in [0.29, 0.717) is 0 Å². The molecule has 1 N–H and O–H groups in total. The van der Waals surface area contributed by atoms with Crippen LogP contribution in [0.25, 0.3) is 154 Å². The molecular weight excluding hydrogens is 1300 g/mol. The number of furan rings is 2. The molecule has 0 aliphatic heterocycles. The summed E-state index contributed by atoms with van der Waals surface area (Å²) in [6.45, 7) is 0. The molecule has 496 valence electrons. The number of nitrogens with zero attached hydrogens (tertiary/aromatic N) is 1. The van der Waals surface area contributed by atoms with Crippen LogP contribution in [0.4, 0.5) is 28.4 Å². The van der Waals surface area contributed by atoms with Gasteiger partial charge in [0.05, 0.1) is 0 Å². The average Bonchev–Trinajstić information content (AvgIpc) is 1.25. The van der Waals surface area contributed by atoms with Crippen molar-refractivity contribution in [1.29, 1.82) is 0 Å². The van der Waals surface area contributed by atoms with Crippen LogP contribution in [0.3, 0.4) is 0 Å². The highest BCUT2D eigenvalue weighted by Crippen LogP contribution is 2.44. The van der Waals surface area contributed by atoms with Crippen molar-refractivity contribution in [3.05, 3.63) is 405 Å². The number of benzene rings is 18. The second kappa shape index (κ2) is 28.1. The number of halogens is 1. The van der Waals surface area contributed by atoms with Gasteiger partial charge in [-0.2, -0.15) is 0 Å². The number of hydrogen-bond donors (Lipinski definition) is 1. The topological polar surface area (TPSA) is 41.6 Å². The number of hydrogen-bond acceptors (Lipinski definition) is 4. The van der Waals surface area contributed by atoms with Crippen molar-refractivity contribution in [3.8, 4) is 66.8 Å². The number of nitrogens with one attached hydrogen (secondary N) is 1. The minimum atomic E-state index is 0.767. The molecule has 0 fully saturated rings. The Morgan fingerprint density at radius 1 is 0.210 bits per heavy atom. The highest BCUT2D eigenvalue weighted by atomic mass is 35.5. The maximum atomic E-state index is 6.39. The largest absolute Gasteiger partial charge is 0.455 e. The highest BCUT2D eigenvalue weighted by Gasteiger charge is 2.19. The van der Waals surface area contributed by atoms with E-state index in [1.54, 1.807) is 0 Å². The van der Waals surface area contributed by atoms with E-state index < -0.39 is 0 Å². The zero-order valence-corrected chi connectivity index (χ0v) is 58.0. The Morgan fingerprint density at radius 2 is 0.505 bits per heavy atom. The number of para-hydroxylation sites is 4. The van der Waals surface area contributed by atoms with Crippen LogP contribution in [0.15, 0.2) is 409 Å². The van der Waals surface area contributed by atoms with E-state index in [1.165, 1.54) is 87.6 Å². The quantitative estimate of drug-likeness (QED) is 0.131. The van der Waals surface area contributed by atoms with Crippen LogP contribution >= 0.6 is 11.6 Å². The first kappa shape index (κ1) is 63.6. The van der Waals surface area contributed by atoms with Crippen molar-refractivity contribution in [1.82, 2.24) is 0 Å². The van der Waals surface area contributed by atoms with Gasteiger partial charge in [0.15, 0.2) is 0 Å². The van der Waals surface area contributed by atoms with Gasteiger partial charge in [0.2, 0.25) is 0 Å². The second-order valence-corrected chi connectivity index (χ2v) is 26.9. The zero-order chi connectivity index (χ0) is 70.0. The lowest BCUT2D eigenvalue weighted by molar-refractivity contribution is 0.669. The molecule has 2 aromatic heterocycles. The Morgan fingerprint density at radius 3 is 0.924 bits per heavy atom. The molecule has 0 unspecified atom stereocenters. The van der Waals surface area contributed by atoms with E-state index >= 15 is 0 Å². The summed E-state index contributed by atoms with van der Waals surface area (Å²) in [6, 6.07) is 141. The summed E-state index contributed by atoms with van der Waals surface area (Å²) in [5, 5.41) is 19.0. The molecule has 0 aliphatic carbocycles. The number of rotatable bonds is 11.